The molecule has 0 atom stereocenters. The van der Waals surface area contributed by atoms with Crippen LogP contribution in [0.15, 0.2) is 18.5 Å². The lowest BCUT2D eigenvalue weighted by Crippen LogP contribution is -2.63. The van der Waals surface area contributed by atoms with Crippen molar-refractivity contribution in [1.82, 2.24) is 24.6 Å². The topological polar surface area (TPSA) is 63.5 Å². The van der Waals surface area contributed by atoms with Crippen LogP contribution in [0, 0.1) is 0 Å². The van der Waals surface area contributed by atoms with Crippen molar-refractivity contribution in [2.75, 3.05) is 39.9 Å². The molecule has 0 N–H and O–H groups in total. The number of ether oxygens (including phenoxy) is 1. The fourth-order valence-electron chi connectivity index (χ4n) is 3.85. The summed E-state index contributed by atoms with van der Waals surface area (Å²) in [6.07, 6.45) is 5.34. The molecule has 4 heterocycles. The largest absolute Gasteiger partial charge is 0.381 e. The van der Waals surface area contributed by atoms with E-state index in [1.54, 1.807) is 17.1 Å². The molecule has 0 unspecified atom stereocenters. The number of piperazine rings is 1. The lowest BCUT2D eigenvalue weighted by atomic mass is 9.86. The first-order valence-corrected chi connectivity index (χ1v) is 8.45. The predicted molar refractivity (Wildman–Crippen MR) is 89.8 cm³/mol. The Morgan fingerprint density at radius 3 is 2.79 bits per heavy atom. The van der Waals surface area contributed by atoms with E-state index in [0.717, 1.165) is 56.7 Å². The van der Waals surface area contributed by atoms with Gasteiger partial charge in [0.15, 0.2) is 0 Å². The summed E-state index contributed by atoms with van der Waals surface area (Å²) in [4.78, 5) is 21.8. The molecule has 1 amide bonds. The quantitative estimate of drug-likeness (QED) is 0.778. The van der Waals surface area contributed by atoms with Crippen LogP contribution in [0.25, 0.3) is 11.0 Å². The average molecular weight is 329 g/mol. The summed E-state index contributed by atoms with van der Waals surface area (Å²) in [6.45, 7) is 3.95. The van der Waals surface area contributed by atoms with Crippen molar-refractivity contribution in [2.45, 2.75) is 18.4 Å². The molecule has 128 valence electrons. The summed E-state index contributed by atoms with van der Waals surface area (Å²) in [6, 6.07) is 1.90. The Hall–Kier alpha value is -1.99. The van der Waals surface area contributed by atoms with Gasteiger partial charge in [0, 0.05) is 51.6 Å². The highest BCUT2D eigenvalue weighted by molar-refractivity contribution is 5.96. The summed E-state index contributed by atoms with van der Waals surface area (Å²) in [7, 11) is 4.03. The molecular formula is C17H23N5O2. The molecule has 0 saturated carbocycles. The SMILES string of the molecule is CN1CCN(C(=O)c2cnc3cnn(C)c3c2)CC12CCOCC2. The molecule has 2 aliphatic heterocycles. The Labute approximate surface area is 141 Å². The van der Waals surface area contributed by atoms with Gasteiger partial charge >= 0.3 is 0 Å². The second kappa shape index (κ2) is 5.82. The fourth-order valence-corrected chi connectivity index (χ4v) is 3.85. The molecule has 0 bridgehead atoms. The number of hydrogen-bond acceptors (Lipinski definition) is 5. The van der Waals surface area contributed by atoms with Gasteiger partial charge in [-0.3, -0.25) is 19.4 Å². The van der Waals surface area contributed by atoms with Crippen LogP contribution >= 0.6 is 0 Å². The second-order valence-corrected chi connectivity index (χ2v) is 6.88. The first-order valence-electron chi connectivity index (χ1n) is 8.45. The number of carbonyl (C=O) groups excluding carboxylic acids is 1. The van der Waals surface area contributed by atoms with Crippen molar-refractivity contribution < 1.29 is 9.53 Å². The number of aromatic nitrogens is 3. The number of rotatable bonds is 1. The Morgan fingerprint density at radius 1 is 1.21 bits per heavy atom. The highest BCUT2D eigenvalue weighted by atomic mass is 16.5. The summed E-state index contributed by atoms with van der Waals surface area (Å²) >= 11 is 0. The maximum Gasteiger partial charge on any atom is 0.255 e. The van der Waals surface area contributed by atoms with Gasteiger partial charge < -0.3 is 9.64 Å². The number of carbonyl (C=O) groups is 1. The number of nitrogens with zero attached hydrogens (tertiary/aromatic N) is 5. The van der Waals surface area contributed by atoms with Gasteiger partial charge in [0.25, 0.3) is 5.91 Å². The number of pyridine rings is 1. The number of aryl methyl sites for hydroxylation is 1. The van der Waals surface area contributed by atoms with E-state index in [-0.39, 0.29) is 11.4 Å². The molecule has 24 heavy (non-hydrogen) atoms. The molecular weight excluding hydrogens is 306 g/mol. The highest BCUT2D eigenvalue weighted by Crippen LogP contribution is 2.31. The van der Waals surface area contributed by atoms with Gasteiger partial charge in [0.05, 0.1) is 17.3 Å². The molecule has 1 spiro atoms. The van der Waals surface area contributed by atoms with Gasteiger partial charge in [-0.1, -0.05) is 0 Å². The minimum absolute atomic E-state index is 0.0518. The Bertz CT molecular complexity index is 765. The van der Waals surface area contributed by atoms with Crippen LogP contribution in [-0.2, 0) is 11.8 Å². The molecule has 2 aliphatic rings. The Kier molecular flexibility index (Phi) is 3.77. The van der Waals surface area contributed by atoms with Gasteiger partial charge in [-0.2, -0.15) is 5.10 Å². The monoisotopic (exact) mass is 329 g/mol. The summed E-state index contributed by atoms with van der Waals surface area (Å²) in [5.74, 6) is 0.0598. The molecule has 7 heteroatoms. The van der Waals surface area contributed by atoms with E-state index in [1.807, 2.05) is 18.0 Å². The third-order valence-electron chi connectivity index (χ3n) is 5.56. The minimum Gasteiger partial charge on any atom is -0.381 e. The molecule has 4 rings (SSSR count). The van der Waals surface area contributed by atoms with E-state index >= 15 is 0 Å². The Morgan fingerprint density at radius 2 is 2.00 bits per heavy atom. The standard InChI is InChI=1S/C17H23N5O2/c1-20-5-6-22(12-17(20)3-7-24-8-4-17)16(23)13-9-15-14(18-10-13)11-19-21(15)2/h9-11H,3-8,12H2,1-2H3. The zero-order valence-electron chi connectivity index (χ0n) is 14.2. The Balaban J connectivity index is 1.59. The first kappa shape index (κ1) is 15.5. The molecule has 2 fully saturated rings. The van der Waals surface area contributed by atoms with E-state index in [1.165, 1.54) is 0 Å². The van der Waals surface area contributed by atoms with E-state index < -0.39 is 0 Å². The van der Waals surface area contributed by atoms with E-state index in [9.17, 15) is 4.79 Å². The normalized spacial score (nSPS) is 21.5. The third kappa shape index (κ3) is 2.48. The number of amides is 1. The average Bonchev–Trinajstić information content (AvgIpc) is 2.98. The third-order valence-corrected chi connectivity index (χ3v) is 5.56. The lowest BCUT2D eigenvalue weighted by molar-refractivity contribution is -0.0543. The molecule has 2 aromatic heterocycles. The zero-order chi connectivity index (χ0) is 16.7. The fraction of sp³-hybridized carbons (Fsp3) is 0.588. The summed E-state index contributed by atoms with van der Waals surface area (Å²) in [5, 5.41) is 4.20. The summed E-state index contributed by atoms with van der Waals surface area (Å²) < 4.78 is 7.28. The van der Waals surface area contributed by atoms with E-state index in [4.69, 9.17) is 4.74 Å². The van der Waals surface area contributed by atoms with Crippen LogP contribution < -0.4 is 0 Å². The van der Waals surface area contributed by atoms with Crippen molar-refractivity contribution in [1.29, 1.82) is 0 Å². The maximum absolute atomic E-state index is 13.0. The minimum atomic E-state index is 0.0518. The van der Waals surface area contributed by atoms with Crippen molar-refractivity contribution in [3.05, 3.63) is 24.0 Å². The second-order valence-electron chi connectivity index (χ2n) is 6.88. The molecule has 2 saturated heterocycles. The predicted octanol–water partition coefficient (Wildman–Crippen LogP) is 0.905. The van der Waals surface area contributed by atoms with Gasteiger partial charge in [0.1, 0.15) is 5.52 Å². The molecule has 0 radical (unpaired) electrons. The summed E-state index contributed by atoms with van der Waals surface area (Å²) in [5.41, 5.74) is 2.39. The van der Waals surface area contributed by atoms with Crippen molar-refractivity contribution in [2.24, 2.45) is 7.05 Å². The number of hydrogen-bond donors (Lipinski definition) is 0. The van der Waals surface area contributed by atoms with Crippen LogP contribution in [0.2, 0.25) is 0 Å². The van der Waals surface area contributed by atoms with Gasteiger partial charge in [-0.25, -0.2) is 0 Å². The number of likely N-dealkylation sites (N-methyl/N-ethyl adjacent to an activating group) is 1. The van der Waals surface area contributed by atoms with Crippen molar-refractivity contribution in [3.63, 3.8) is 0 Å². The van der Waals surface area contributed by atoms with Gasteiger partial charge in [-0.15, -0.1) is 0 Å². The van der Waals surface area contributed by atoms with Crippen LogP contribution in [-0.4, -0.2) is 75.9 Å². The van der Waals surface area contributed by atoms with Crippen LogP contribution in [0.3, 0.4) is 0 Å². The van der Waals surface area contributed by atoms with Crippen LogP contribution in [0.5, 0.6) is 0 Å². The van der Waals surface area contributed by atoms with Crippen LogP contribution in [0.1, 0.15) is 23.2 Å². The number of fused-ring (bicyclic) bond motifs is 1. The smallest absolute Gasteiger partial charge is 0.255 e. The van der Waals surface area contributed by atoms with E-state index in [0.29, 0.717) is 5.56 Å². The van der Waals surface area contributed by atoms with Crippen LogP contribution in [0.4, 0.5) is 0 Å². The maximum atomic E-state index is 13.0. The molecule has 0 aliphatic carbocycles. The van der Waals surface area contributed by atoms with Gasteiger partial charge in [0.2, 0.25) is 0 Å². The first-order chi connectivity index (χ1) is 11.6. The highest BCUT2D eigenvalue weighted by Gasteiger charge is 2.42. The molecule has 7 nitrogen and oxygen atoms in total. The zero-order valence-corrected chi connectivity index (χ0v) is 14.2. The van der Waals surface area contributed by atoms with Gasteiger partial charge in [-0.05, 0) is 26.0 Å². The van der Waals surface area contributed by atoms with Crippen molar-refractivity contribution in [3.8, 4) is 0 Å². The van der Waals surface area contributed by atoms with Crippen molar-refractivity contribution >= 4 is 16.9 Å². The van der Waals surface area contributed by atoms with E-state index in [2.05, 4.69) is 22.0 Å². The lowest BCUT2D eigenvalue weighted by Gasteiger charge is -2.51. The molecule has 2 aromatic rings. The molecule has 0 aromatic carbocycles.